The molecule has 8 nitrogen and oxygen atoms in total. The van der Waals surface area contributed by atoms with Gasteiger partial charge in [-0.25, -0.2) is 13.6 Å². The summed E-state index contributed by atoms with van der Waals surface area (Å²) in [6.45, 7) is -0.817. The first kappa shape index (κ1) is 19.2. The molecule has 1 amide bonds. The number of para-hydroxylation sites is 1. The first-order valence-corrected chi connectivity index (χ1v) is 8.31. The van der Waals surface area contributed by atoms with Crippen molar-refractivity contribution in [3.8, 4) is 0 Å². The summed E-state index contributed by atoms with van der Waals surface area (Å²) in [4.78, 5) is 34.4. The summed E-state index contributed by atoms with van der Waals surface area (Å²) in [6, 6.07) is 6.99. The van der Waals surface area contributed by atoms with Crippen molar-refractivity contribution < 1.29 is 28.0 Å². The number of nitro benzene ring substituents is 1. The molecule has 0 bridgehead atoms. The second kappa shape index (κ2) is 7.99. The summed E-state index contributed by atoms with van der Waals surface area (Å²) in [5, 5.41) is 16.2. The molecule has 0 saturated heterocycles. The highest BCUT2D eigenvalue weighted by Gasteiger charge is 2.26. The lowest BCUT2D eigenvalue weighted by Gasteiger charge is -2.09. The number of hydrogen-bond donors (Lipinski definition) is 2. The maximum Gasteiger partial charge on any atom is 0.338 e. The Bertz CT molecular complexity index is 927. The van der Waals surface area contributed by atoms with Crippen LogP contribution >= 0.6 is 0 Å². The Labute approximate surface area is 157 Å². The largest absolute Gasteiger partial charge is 0.452 e. The minimum Gasteiger partial charge on any atom is -0.452 e. The van der Waals surface area contributed by atoms with E-state index in [4.69, 9.17) is 4.74 Å². The molecule has 2 aromatic rings. The van der Waals surface area contributed by atoms with Gasteiger partial charge in [-0.15, -0.1) is 0 Å². The zero-order valence-corrected chi connectivity index (χ0v) is 14.4. The number of halogens is 2. The minimum absolute atomic E-state index is 0.127. The normalized spacial score (nSPS) is 12.9. The number of nitro groups is 1. The molecule has 1 saturated carbocycles. The van der Waals surface area contributed by atoms with E-state index >= 15 is 0 Å². The molecular formula is C18H15F2N3O5. The highest BCUT2D eigenvalue weighted by atomic mass is 19.1. The predicted molar refractivity (Wildman–Crippen MR) is 95.0 cm³/mol. The third-order valence-corrected chi connectivity index (χ3v) is 3.93. The fourth-order valence-electron chi connectivity index (χ4n) is 2.39. The van der Waals surface area contributed by atoms with Crippen LogP contribution in [0.2, 0.25) is 0 Å². The van der Waals surface area contributed by atoms with Crippen LogP contribution in [0.1, 0.15) is 23.2 Å². The molecule has 3 rings (SSSR count). The monoisotopic (exact) mass is 391 g/mol. The van der Waals surface area contributed by atoms with Crippen molar-refractivity contribution in [3.63, 3.8) is 0 Å². The van der Waals surface area contributed by atoms with Gasteiger partial charge < -0.3 is 15.4 Å². The zero-order valence-electron chi connectivity index (χ0n) is 14.4. The SMILES string of the molecule is O=C(COC(=O)c1ccc(NC2CC2)c([N+](=O)[O-])c1)Nc1c(F)cccc1F. The number of anilines is 2. The van der Waals surface area contributed by atoms with E-state index in [2.05, 4.69) is 5.32 Å². The van der Waals surface area contributed by atoms with Crippen molar-refractivity contribution in [1.82, 2.24) is 0 Å². The molecule has 2 aromatic carbocycles. The molecular weight excluding hydrogens is 376 g/mol. The van der Waals surface area contributed by atoms with Crippen molar-refractivity contribution in [1.29, 1.82) is 0 Å². The molecule has 1 fully saturated rings. The number of rotatable bonds is 7. The van der Waals surface area contributed by atoms with Crippen molar-refractivity contribution in [2.45, 2.75) is 18.9 Å². The summed E-state index contributed by atoms with van der Waals surface area (Å²) in [5.74, 6) is -3.90. The van der Waals surface area contributed by atoms with Gasteiger partial charge in [0.05, 0.1) is 10.5 Å². The van der Waals surface area contributed by atoms with E-state index in [1.807, 2.05) is 5.32 Å². The third kappa shape index (κ3) is 4.58. The number of benzene rings is 2. The maximum absolute atomic E-state index is 13.5. The molecule has 0 atom stereocenters. The summed E-state index contributed by atoms with van der Waals surface area (Å²) in [6.07, 6.45) is 1.83. The van der Waals surface area contributed by atoms with Crippen LogP contribution in [0.25, 0.3) is 0 Å². The first-order chi connectivity index (χ1) is 13.3. The lowest BCUT2D eigenvalue weighted by Crippen LogP contribution is -2.22. The second-order valence-corrected chi connectivity index (χ2v) is 6.13. The number of carbonyl (C=O) groups excluding carboxylic acids is 2. The molecule has 1 aliphatic rings. The molecule has 0 heterocycles. The first-order valence-electron chi connectivity index (χ1n) is 8.31. The van der Waals surface area contributed by atoms with Crippen molar-refractivity contribution in [2.24, 2.45) is 0 Å². The second-order valence-electron chi connectivity index (χ2n) is 6.13. The number of carbonyl (C=O) groups is 2. The molecule has 146 valence electrons. The van der Waals surface area contributed by atoms with Gasteiger partial charge in [0.2, 0.25) is 0 Å². The van der Waals surface area contributed by atoms with Crippen molar-refractivity contribution >= 4 is 28.9 Å². The van der Waals surface area contributed by atoms with E-state index in [1.165, 1.54) is 12.1 Å². The van der Waals surface area contributed by atoms with Crippen molar-refractivity contribution in [2.75, 3.05) is 17.2 Å². The highest BCUT2D eigenvalue weighted by Crippen LogP contribution is 2.31. The summed E-state index contributed by atoms with van der Waals surface area (Å²) >= 11 is 0. The van der Waals surface area contributed by atoms with Crippen LogP contribution in [0, 0.1) is 21.7 Å². The lowest BCUT2D eigenvalue weighted by atomic mass is 10.1. The van der Waals surface area contributed by atoms with Crippen LogP contribution in [0.3, 0.4) is 0 Å². The van der Waals surface area contributed by atoms with Gasteiger partial charge in [-0.2, -0.15) is 0 Å². The molecule has 0 aromatic heterocycles. The van der Waals surface area contributed by atoms with Gasteiger partial charge >= 0.3 is 5.97 Å². The molecule has 0 aliphatic heterocycles. The van der Waals surface area contributed by atoms with Crippen LogP contribution in [-0.4, -0.2) is 29.4 Å². The van der Waals surface area contributed by atoms with Crippen molar-refractivity contribution in [3.05, 3.63) is 63.7 Å². The van der Waals surface area contributed by atoms with E-state index in [9.17, 15) is 28.5 Å². The molecule has 28 heavy (non-hydrogen) atoms. The van der Waals surface area contributed by atoms with Gasteiger partial charge in [-0.3, -0.25) is 14.9 Å². The van der Waals surface area contributed by atoms with Gasteiger partial charge in [0.1, 0.15) is 23.0 Å². The quantitative estimate of drug-likeness (QED) is 0.426. The molecule has 0 radical (unpaired) electrons. The molecule has 0 unspecified atom stereocenters. The average molecular weight is 391 g/mol. The number of ether oxygens (including phenoxy) is 1. The number of hydrogen-bond acceptors (Lipinski definition) is 6. The molecule has 10 heteroatoms. The Hall–Kier alpha value is -3.56. The van der Waals surface area contributed by atoms with Gasteiger partial charge in [-0.05, 0) is 37.1 Å². The van der Waals surface area contributed by atoms with Crippen LogP contribution in [0.15, 0.2) is 36.4 Å². The smallest absolute Gasteiger partial charge is 0.338 e. The van der Waals surface area contributed by atoms with Gasteiger partial charge in [-0.1, -0.05) is 6.07 Å². The summed E-state index contributed by atoms with van der Waals surface area (Å²) in [7, 11) is 0. The fraction of sp³-hybridized carbons (Fsp3) is 0.222. The topological polar surface area (TPSA) is 111 Å². The standard InChI is InChI=1S/C18H15F2N3O5/c19-12-2-1-3-13(20)17(12)22-16(24)9-28-18(25)10-4-7-14(21-11-5-6-11)15(8-10)23(26)27/h1-4,7-8,11,21H,5-6,9H2,(H,22,24). The number of amides is 1. The molecule has 0 spiro atoms. The van der Waals surface area contributed by atoms with E-state index < -0.39 is 40.7 Å². The van der Waals surface area contributed by atoms with Crippen LogP contribution in [-0.2, 0) is 9.53 Å². The fourth-order valence-corrected chi connectivity index (χ4v) is 2.39. The Morgan fingerprint density at radius 2 is 1.86 bits per heavy atom. The average Bonchev–Trinajstić information content (AvgIpc) is 3.47. The van der Waals surface area contributed by atoms with Crippen LogP contribution in [0.4, 0.5) is 25.8 Å². The Kier molecular flexibility index (Phi) is 5.48. The summed E-state index contributed by atoms with van der Waals surface area (Å²) < 4.78 is 31.8. The third-order valence-electron chi connectivity index (χ3n) is 3.93. The maximum atomic E-state index is 13.5. The minimum atomic E-state index is -0.981. The van der Waals surface area contributed by atoms with E-state index in [0.29, 0.717) is 0 Å². The Balaban J connectivity index is 1.63. The van der Waals surface area contributed by atoms with Gasteiger partial charge in [0, 0.05) is 12.1 Å². The Morgan fingerprint density at radius 1 is 1.18 bits per heavy atom. The van der Waals surface area contributed by atoms with Gasteiger partial charge in [0.15, 0.2) is 6.61 Å². The number of nitrogens with zero attached hydrogens (tertiary/aromatic N) is 1. The van der Waals surface area contributed by atoms with Crippen LogP contribution in [0.5, 0.6) is 0 Å². The molecule has 2 N–H and O–H groups in total. The van der Waals surface area contributed by atoms with Crippen LogP contribution < -0.4 is 10.6 Å². The predicted octanol–water partition coefficient (Wildman–Crippen LogP) is 3.24. The Morgan fingerprint density at radius 3 is 2.46 bits per heavy atom. The van der Waals surface area contributed by atoms with E-state index in [1.54, 1.807) is 0 Å². The van der Waals surface area contributed by atoms with E-state index in [-0.39, 0.29) is 23.0 Å². The number of nitrogens with one attached hydrogen (secondary N) is 2. The zero-order chi connectivity index (χ0) is 20.3. The lowest BCUT2D eigenvalue weighted by molar-refractivity contribution is -0.384. The highest BCUT2D eigenvalue weighted by molar-refractivity contribution is 5.96. The number of esters is 1. The van der Waals surface area contributed by atoms with E-state index in [0.717, 1.165) is 37.1 Å². The summed E-state index contributed by atoms with van der Waals surface area (Å²) in [5.41, 5.74) is -0.788. The molecule has 1 aliphatic carbocycles. The van der Waals surface area contributed by atoms with Gasteiger partial charge in [0.25, 0.3) is 11.6 Å².